The Kier molecular flexibility index (Phi) is 3.30. The first kappa shape index (κ1) is 11.4. The second-order valence-electron chi connectivity index (χ2n) is 4.78. The highest BCUT2D eigenvalue weighted by atomic mass is 32.2. The fourth-order valence-corrected chi connectivity index (χ4v) is 4.29. The molecule has 2 heterocycles. The van der Waals surface area contributed by atoms with Crippen molar-refractivity contribution in [1.82, 2.24) is 5.32 Å². The van der Waals surface area contributed by atoms with Gasteiger partial charge in [-0.2, -0.15) is 11.8 Å². The van der Waals surface area contributed by atoms with E-state index in [1.807, 2.05) is 0 Å². The van der Waals surface area contributed by atoms with Crippen molar-refractivity contribution in [2.24, 2.45) is 0 Å². The van der Waals surface area contributed by atoms with Crippen LogP contribution >= 0.6 is 11.8 Å². The van der Waals surface area contributed by atoms with Gasteiger partial charge in [-0.15, -0.1) is 0 Å². The van der Waals surface area contributed by atoms with Crippen LogP contribution in [-0.4, -0.2) is 24.7 Å². The lowest BCUT2D eigenvalue weighted by molar-refractivity contribution is 0.356. The molecule has 3 heteroatoms. The van der Waals surface area contributed by atoms with Crippen LogP contribution < -0.4 is 10.1 Å². The predicted molar refractivity (Wildman–Crippen MR) is 72.9 cm³/mol. The molecule has 0 aliphatic carbocycles. The molecule has 17 heavy (non-hydrogen) atoms. The molecule has 0 bridgehead atoms. The van der Waals surface area contributed by atoms with Gasteiger partial charge < -0.3 is 10.1 Å². The van der Waals surface area contributed by atoms with Gasteiger partial charge in [0.15, 0.2) is 0 Å². The topological polar surface area (TPSA) is 21.3 Å². The maximum atomic E-state index is 5.57. The molecule has 2 aliphatic heterocycles. The van der Waals surface area contributed by atoms with Crippen LogP contribution in [0.1, 0.15) is 30.0 Å². The van der Waals surface area contributed by atoms with E-state index in [0.29, 0.717) is 6.04 Å². The van der Waals surface area contributed by atoms with Crippen LogP contribution in [0.15, 0.2) is 18.2 Å². The predicted octanol–water partition coefficient (Wildman–Crippen LogP) is 2.78. The van der Waals surface area contributed by atoms with Gasteiger partial charge in [-0.25, -0.2) is 0 Å². The van der Waals surface area contributed by atoms with Gasteiger partial charge in [0.1, 0.15) is 5.75 Å². The maximum absolute atomic E-state index is 5.57. The number of thioether (sulfide) groups is 1. The Balaban J connectivity index is 1.85. The van der Waals surface area contributed by atoms with Crippen molar-refractivity contribution in [3.63, 3.8) is 0 Å². The Morgan fingerprint density at radius 1 is 1.47 bits per heavy atom. The molecule has 92 valence electrons. The molecule has 0 saturated carbocycles. The number of hydrogen-bond donors (Lipinski definition) is 1. The first-order chi connectivity index (χ1) is 8.38. The normalized spacial score (nSPS) is 24.4. The fourth-order valence-electron chi connectivity index (χ4n) is 2.83. The summed E-state index contributed by atoms with van der Waals surface area (Å²) >= 11 is 2.11. The largest absolute Gasteiger partial charge is 0.493 e. The highest BCUT2D eigenvalue weighted by Crippen LogP contribution is 2.37. The van der Waals surface area contributed by atoms with Crippen LogP contribution in [0.3, 0.4) is 0 Å². The van der Waals surface area contributed by atoms with E-state index in [4.69, 9.17) is 4.74 Å². The van der Waals surface area contributed by atoms with E-state index in [2.05, 4.69) is 42.3 Å². The third-order valence-electron chi connectivity index (χ3n) is 3.72. The van der Waals surface area contributed by atoms with Gasteiger partial charge >= 0.3 is 0 Å². The highest BCUT2D eigenvalue weighted by Gasteiger charge is 2.26. The lowest BCUT2D eigenvalue weighted by Gasteiger charge is -2.23. The summed E-state index contributed by atoms with van der Waals surface area (Å²) in [5.41, 5.74) is 2.81. The quantitative estimate of drug-likeness (QED) is 0.890. The van der Waals surface area contributed by atoms with Crippen LogP contribution in [0.25, 0.3) is 0 Å². The first-order valence-corrected chi connectivity index (χ1v) is 7.48. The zero-order chi connectivity index (χ0) is 11.7. The molecule has 2 atom stereocenters. The van der Waals surface area contributed by atoms with Gasteiger partial charge in [0, 0.05) is 17.7 Å². The lowest BCUT2D eigenvalue weighted by Crippen LogP contribution is -2.25. The summed E-state index contributed by atoms with van der Waals surface area (Å²) in [5.74, 6) is 2.40. The molecule has 2 unspecified atom stereocenters. The number of ether oxygens (including phenoxy) is 1. The molecule has 1 saturated heterocycles. The van der Waals surface area contributed by atoms with Gasteiger partial charge in [-0.05, 0) is 42.8 Å². The SMILES string of the molecule is CNC(c1ccc2c(c1)CCO2)C1CCCS1. The molecular weight excluding hydrogens is 230 g/mol. The molecule has 1 fully saturated rings. The minimum Gasteiger partial charge on any atom is -0.493 e. The number of hydrogen-bond acceptors (Lipinski definition) is 3. The van der Waals surface area contributed by atoms with Crippen LogP contribution in [0.4, 0.5) is 0 Å². The molecular formula is C14H19NOS. The monoisotopic (exact) mass is 249 g/mol. The summed E-state index contributed by atoms with van der Waals surface area (Å²) in [7, 11) is 2.08. The standard InChI is InChI=1S/C14H19NOS/c1-15-14(13-3-2-8-17-13)11-4-5-12-10(9-11)6-7-16-12/h4-5,9,13-15H,2-3,6-8H2,1H3. The summed E-state index contributed by atoms with van der Waals surface area (Å²) in [6, 6.07) is 7.20. The van der Waals surface area contributed by atoms with Gasteiger partial charge in [-0.1, -0.05) is 12.1 Å². The fraction of sp³-hybridized carbons (Fsp3) is 0.571. The van der Waals surface area contributed by atoms with Crippen molar-refractivity contribution in [2.75, 3.05) is 19.4 Å². The highest BCUT2D eigenvalue weighted by molar-refractivity contribution is 8.00. The van der Waals surface area contributed by atoms with Gasteiger partial charge in [-0.3, -0.25) is 0 Å². The second-order valence-corrected chi connectivity index (χ2v) is 6.13. The zero-order valence-electron chi connectivity index (χ0n) is 10.2. The third kappa shape index (κ3) is 2.18. The van der Waals surface area contributed by atoms with E-state index in [1.165, 1.54) is 29.7 Å². The minimum absolute atomic E-state index is 0.494. The average molecular weight is 249 g/mol. The summed E-state index contributed by atoms with van der Waals surface area (Å²) in [5, 5.41) is 4.23. The molecule has 1 aromatic carbocycles. The molecule has 0 radical (unpaired) electrons. The summed E-state index contributed by atoms with van der Waals surface area (Å²) in [4.78, 5) is 0. The summed E-state index contributed by atoms with van der Waals surface area (Å²) < 4.78 is 5.57. The average Bonchev–Trinajstić information content (AvgIpc) is 2.99. The van der Waals surface area contributed by atoms with Gasteiger partial charge in [0.25, 0.3) is 0 Å². The van der Waals surface area contributed by atoms with Crippen LogP contribution in [0, 0.1) is 0 Å². The molecule has 1 aromatic rings. The Labute approximate surface area is 107 Å². The van der Waals surface area contributed by atoms with Gasteiger partial charge in [0.05, 0.1) is 6.61 Å². The van der Waals surface area contributed by atoms with E-state index >= 15 is 0 Å². The van der Waals surface area contributed by atoms with Crippen molar-refractivity contribution in [3.8, 4) is 5.75 Å². The molecule has 0 aromatic heterocycles. The Bertz CT molecular complexity index is 401. The van der Waals surface area contributed by atoms with E-state index in [9.17, 15) is 0 Å². The van der Waals surface area contributed by atoms with Gasteiger partial charge in [0.2, 0.25) is 0 Å². The van der Waals surface area contributed by atoms with Crippen LogP contribution in [0.2, 0.25) is 0 Å². The van der Waals surface area contributed by atoms with Crippen molar-refractivity contribution in [2.45, 2.75) is 30.6 Å². The van der Waals surface area contributed by atoms with E-state index < -0.39 is 0 Å². The number of rotatable bonds is 3. The third-order valence-corrected chi connectivity index (χ3v) is 5.18. The smallest absolute Gasteiger partial charge is 0.122 e. The molecule has 0 spiro atoms. The van der Waals surface area contributed by atoms with Crippen molar-refractivity contribution < 1.29 is 4.74 Å². The van der Waals surface area contributed by atoms with Crippen molar-refractivity contribution >= 4 is 11.8 Å². The van der Waals surface area contributed by atoms with E-state index in [0.717, 1.165) is 24.0 Å². The second kappa shape index (κ2) is 4.91. The molecule has 2 aliphatic rings. The summed E-state index contributed by atoms with van der Waals surface area (Å²) in [6.45, 7) is 0.848. The van der Waals surface area contributed by atoms with E-state index in [1.54, 1.807) is 0 Å². The zero-order valence-corrected chi connectivity index (χ0v) is 11.1. The Hall–Kier alpha value is -0.670. The molecule has 2 nitrogen and oxygen atoms in total. The van der Waals surface area contributed by atoms with Crippen molar-refractivity contribution in [1.29, 1.82) is 0 Å². The molecule has 3 rings (SSSR count). The first-order valence-electron chi connectivity index (χ1n) is 6.43. The van der Waals surface area contributed by atoms with Crippen LogP contribution in [-0.2, 0) is 6.42 Å². The minimum atomic E-state index is 0.494. The maximum Gasteiger partial charge on any atom is 0.122 e. The molecule has 0 amide bonds. The number of fused-ring (bicyclic) bond motifs is 1. The van der Waals surface area contributed by atoms with E-state index in [-0.39, 0.29) is 0 Å². The van der Waals surface area contributed by atoms with Crippen molar-refractivity contribution in [3.05, 3.63) is 29.3 Å². The lowest BCUT2D eigenvalue weighted by atomic mass is 9.98. The molecule has 1 N–H and O–H groups in total. The summed E-state index contributed by atoms with van der Waals surface area (Å²) in [6.07, 6.45) is 3.77. The number of nitrogens with one attached hydrogen (secondary N) is 1. The van der Waals surface area contributed by atoms with Crippen LogP contribution in [0.5, 0.6) is 5.75 Å². The number of benzene rings is 1. The Morgan fingerprint density at radius 2 is 2.41 bits per heavy atom. The Morgan fingerprint density at radius 3 is 3.18 bits per heavy atom.